The summed E-state index contributed by atoms with van der Waals surface area (Å²) < 4.78 is 32.4. The Morgan fingerprint density at radius 3 is 2.17 bits per heavy atom. The van der Waals surface area contributed by atoms with Gasteiger partial charge in [0.1, 0.15) is 5.75 Å². The summed E-state index contributed by atoms with van der Waals surface area (Å²) in [7, 11) is -0.0459. The Bertz CT molecular complexity index is 916. The van der Waals surface area contributed by atoms with Crippen LogP contribution in [0.3, 0.4) is 0 Å². The Balaban J connectivity index is 0.00000450. The van der Waals surface area contributed by atoms with Crippen LogP contribution in [0.1, 0.15) is 30.5 Å². The van der Waals surface area contributed by atoms with Crippen LogP contribution in [0.2, 0.25) is 0 Å². The van der Waals surface area contributed by atoms with Crippen LogP contribution in [0.25, 0.3) is 0 Å². The number of nitrogens with one attached hydrogen (secondary N) is 3. The lowest BCUT2D eigenvalue weighted by Crippen LogP contribution is -2.36. The van der Waals surface area contributed by atoms with Gasteiger partial charge in [-0.1, -0.05) is 36.4 Å². The fourth-order valence-electron chi connectivity index (χ4n) is 2.80. The van der Waals surface area contributed by atoms with E-state index in [0.717, 1.165) is 22.4 Å². The molecule has 0 spiro atoms. The predicted molar refractivity (Wildman–Crippen MR) is 133 cm³/mol. The zero-order valence-electron chi connectivity index (χ0n) is 17.8. The lowest BCUT2D eigenvalue weighted by atomic mass is 10.1. The highest BCUT2D eigenvalue weighted by molar-refractivity contribution is 14.0. The minimum atomic E-state index is -3.39. The molecule has 0 amide bonds. The Morgan fingerprint density at radius 1 is 1.00 bits per heavy atom. The Kier molecular flexibility index (Phi) is 11.1. The second-order valence-corrected chi connectivity index (χ2v) is 8.68. The topological polar surface area (TPSA) is 91.8 Å². The Hall–Kier alpha value is -1.85. The van der Waals surface area contributed by atoms with Gasteiger partial charge >= 0.3 is 0 Å². The first-order valence-electron chi connectivity index (χ1n) is 9.47. The number of hydrogen-bond donors (Lipinski definition) is 3. The molecule has 9 heteroatoms. The van der Waals surface area contributed by atoms with Crippen LogP contribution in [0.5, 0.6) is 5.75 Å². The summed E-state index contributed by atoms with van der Waals surface area (Å²) in [6.07, 6.45) is 0. The standard InChI is InChI=1S/C21H30N4O3S.HI/c1-16(2)25-29(26,27)15-19-8-6-5-7-18(19)14-24-21(22-3)23-13-17-9-11-20(28-4)12-10-17;/h5-12,16,25H,13-15H2,1-4H3,(H2,22,23,24);1H. The van der Waals surface area contributed by atoms with Crippen molar-refractivity contribution >= 4 is 40.0 Å². The van der Waals surface area contributed by atoms with Crippen LogP contribution in [0.4, 0.5) is 0 Å². The average molecular weight is 546 g/mol. The fourth-order valence-corrected chi connectivity index (χ4v) is 4.30. The molecule has 0 saturated heterocycles. The fraction of sp³-hybridized carbons (Fsp3) is 0.381. The number of halogens is 1. The lowest BCUT2D eigenvalue weighted by molar-refractivity contribution is 0.414. The molecule has 0 fully saturated rings. The zero-order valence-corrected chi connectivity index (χ0v) is 21.0. The Morgan fingerprint density at radius 2 is 1.60 bits per heavy atom. The van der Waals surface area contributed by atoms with Crippen molar-refractivity contribution in [3.8, 4) is 5.75 Å². The molecule has 0 aromatic heterocycles. The zero-order chi connectivity index (χ0) is 21.3. The van der Waals surface area contributed by atoms with Gasteiger partial charge < -0.3 is 15.4 Å². The van der Waals surface area contributed by atoms with Crippen molar-refractivity contribution in [1.82, 2.24) is 15.4 Å². The highest BCUT2D eigenvalue weighted by Crippen LogP contribution is 2.13. The summed E-state index contributed by atoms with van der Waals surface area (Å²) in [6.45, 7) is 4.70. The van der Waals surface area contributed by atoms with E-state index in [2.05, 4.69) is 20.3 Å². The van der Waals surface area contributed by atoms with Crippen molar-refractivity contribution in [3.63, 3.8) is 0 Å². The van der Waals surface area contributed by atoms with Gasteiger partial charge in [0.05, 0.1) is 12.9 Å². The molecule has 2 aromatic carbocycles. The SMILES string of the molecule is CN=C(NCc1ccc(OC)cc1)NCc1ccccc1CS(=O)(=O)NC(C)C.I. The molecular formula is C21H31IN4O3S. The molecule has 0 radical (unpaired) electrons. The molecule has 0 atom stereocenters. The molecular weight excluding hydrogens is 515 g/mol. The third-order valence-electron chi connectivity index (χ3n) is 4.17. The Labute approximate surface area is 196 Å². The highest BCUT2D eigenvalue weighted by atomic mass is 127. The van der Waals surface area contributed by atoms with Crippen molar-refractivity contribution < 1.29 is 13.2 Å². The smallest absolute Gasteiger partial charge is 0.216 e. The molecule has 30 heavy (non-hydrogen) atoms. The van der Waals surface area contributed by atoms with Crippen molar-refractivity contribution in [2.24, 2.45) is 4.99 Å². The average Bonchev–Trinajstić information content (AvgIpc) is 2.68. The van der Waals surface area contributed by atoms with E-state index in [0.29, 0.717) is 19.0 Å². The molecule has 0 saturated carbocycles. The maximum Gasteiger partial charge on any atom is 0.216 e. The third-order valence-corrected chi connectivity index (χ3v) is 5.69. The number of guanidine groups is 1. The van der Waals surface area contributed by atoms with Gasteiger partial charge in [0.2, 0.25) is 10.0 Å². The number of nitrogens with zero attached hydrogens (tertiary/aromatic N) is 1. The maximum absolute atomic E-state index is 12.3. The van der Waals surface area contributed by atoms with Crippen LogP contribution >= 0.6 is 24.0 Å². The summed E-state index contributed by atoms with van der Waals surface area (Å²) in [5.74, 6) is 1.40. The quantitative estimate of drug-likeness (QED) is 0.256. The van der Waals surface area contributed by atoms with Gasteiger partial charge in [-0.3, -0.25) is 4.99 Å². The van der Waals surface area contributed by atoms with Gasteiger partial charge in [0.25, 0.3) is 0 Å². The van der Waals surface area contributed by atoms with Gasteiger partial charge in [-0.2, -0.15) is 0 Å². The van der Waals surface area contributed by atoms with Gasteiger partial charge in [-0.05, 0) is 42.7 Å². The second kappa shape index (κ2) is 12.8. The monoisotopic (exact) mass is 546 g/mol. The number of benzene rings is 2. The van der Waals surface area contributed by atoms with E-state index in [1.54, 1.807) is 14.2 Å². The molecule has 2 aromatic rings. The molecule has 7 nitrogen and oxygen atoms in total. The van der Waals surface area contributed by atoms with Crippen LogP contribution in [-0.4, -0.2) is 34.6 Å². The van der Waals surface area contributed by atoms with Crippen LogP contribution in [0, 0.1) is 0 Å². The summed E-state index contributed by atoms with van der Waals surface area (Å²) in [5.41, 5.74) is 2.77. The number of aliphatic imine (C=N–C) groups is 1. The molecule has 0 bridgehead atoms. The maximum atomic E-state index is 12.3. The summed E-state index contributed by atoms with van der Waals surface area (Å²) in [6, 6.07) is 15.2. The predicted octanol–water partition coefficient (Wildman–Crippen LogP) is 3.01. The molecule has 3 N–H and O–H groups in total. The van der Waals surface area contributed by atoms with E-state index in [4.69, 9.17) is 4.74 Å². The van der Waals surface area contributed by atoms with Crippen LogP contribution < -0.4 is 20.1 Å². The number of sulfonamides is 1. The largest absolute Gasteiger partial charge is 0.497 e. The van der Waals surface area contributed by atoms with E-state index in [9.17, 15) is 8.42 Å². The second-order valence-electron chi connectivity index (χ2n) is 6.93. The minimum absolute atomic E-state index is 0. The third kappa shape index (κ3) is 8.88. The first kappa shape index (κ1) is 26.2. The first-order chi connectivity index (χ1) is 13.8. The molecule has 0 aliphatic carbocycles. The van der Waals surface area contributed by atoms with Gasteiger partial charge in [-0.25, -0.2) is 13.1 Å². The van der Waals surface area contributed by atoms with Crippen molar-refractivity contribution in [2.45, 2.75) is 38.7 Å². The summed E-state index contributed by atoms with van der Waals surface area (Å²) in [4.78, 5) is 4.23. The molecule has 0 unspecified atom stereocenters. The molecule has 0 heterocycles. The van der Waals surface area contributed by atoms with Crippen molar-refractivity contribution in [1.29, 1.82) is 0 Å². The van der Waals surface area contributed by atoms with E-state index in [1.165, 1.54) is 0 Å². The van der Waals surface area contributed by atoms with Gasteiger partial charge in [0, 0.05) is 26.2 Å². The summed E-state index contributed by atoms with van der Waals surface area (Å²) in [5, 5.41) is 6.50. The number of ether oxygens (including phenoxy) is 1. The number of hydrogen-bond acceptors (Lipinski definition) is 4. The molecule has 0 aliphatic heterocycles. The molecule has 166 valence electrons. The van der Waals surface area contributed by atoms with Gasteiger partial charge in [-0.15, -0.1) is 24.0 Å². The van der Waals surface area contributed by atoms with Crippen molar-refractivity contribution in [3.05, 3.63) is 65.2 Å². The number of methoxy groups -OCH3 is 1. The van der Waals surface area contributed by atoms with Crippen LogP contribution in [-0.2, 0) is 28.9 Å². The first-order valence-corrected chi connectivity index (χ1v) is 11.1. The molecule has 2 rings (SSSR count). The van der Waals surface area contributed by atoms with Gasteiger partial charge in [0.15, 0.2) is 5.96 Å². The highest BCUT2D eigenvalue weighted by Gasteiger charge is 2.15. The summed E-state index contributed by atoms with van der Waals surface area (Å²) >= 11 is 0. The van der Waals surface area contributed by atoms with Crippen molar-refractivity contribution in [2.75, 3.05) is 14.2 Å². The minimum Gasteiger partial charge on any atom is -0.497 e. The normalized spacial score (nSPS) is 11.7. The van der Waals surface area contributed by atoms with E-state index in [1.807, 2.05) is 62.4 Å². The molecule has 0 aliphatic rings. The van der Waals surface area contributed by atoms with E-state index in [-0.39, 0.29) is 35.8 Å². The van der Waals surface area contributed by atoms with Crippen LogP contribution in [0.15, 0.2) is 53.5 Å². The van der Waals surface area contributed by atoms with E-state index < -0.39 is 10.0 Å². The lowest BCUT2D eigenvalue weighted by Gasteiger charge is -2.15. The number of rotatable bonds is 9. The van der Waals surface area contributed by atoms with E-state index >= 15 is 0 Å².